The molecule has 0 aliphatic rings. The molecule has 0 heterocycles. The highest BCUT2D eigenvalue weighted by Crippen LogP contribution is 2.01. The molecular formula is C16H27NSi. The zero-order valence-electron chi connectivity index (χ0n) is 12.0. The normalized spacial score (nSPS) is 11.5. The molecule has 0 aromatic heterocycles. The zero-order chi connectivity index (χ0) is 13.2. The van der Waals surface area contributed by atoms with Crippen LogP contribution < -0.4 is 5.19 Å². The van der Waals surface area contributed by atoms with Crippen molar-refractivity contribution in [2.24, 2.45) is 0 Å². The molecule has 0 radical (unpaired) electrons. The Morgan fingerprint density at radius 1 is 1.17 bits per heavy atom. The monoisotopic (exact) mass is 261 g/mol. The van der Waals surface area contributed by atoms with E-state index in [2.05, 4.69) is 49.3 Å². The predicted molar refractivity (Wildman–Crippen MR) is 86.1 cm³/mol. The van der Waals surface area contributed by atoms with Crippen molar-refractivity contribution >= 4 is 20.9 Å². The van der Waals surface area contributed by atoms with E-state index in [1.165, 1.54) is 44.3 Å². The summed E-state index contributed by atoms with van der Waals surface area (Å²) in [5.41, 5.74) is 1.26. The van der Waals surface area contributed by atoms with Gasteiger partial charge in [0.15, 0.2) is 0 Å². The Kier molecular flexibility index (Phi) is 7.70. The van der Waals surface area contributed by atoms with E-state index in [1.807, 2.05) is 6.08 Å². The standard InChI is InChI=1S/C16H27NSi/c1-4-7-12-17(13-8-5-2)18-16-11-9-10-15(6-3)14-16/h6,9-11,14H,3-5,7-8,12-13,18H2,1-2H3. The summed E-state index contributed by atoms with van der Waals surface area (Å²) in [6, 6.07) is 8.89. The fraction of sp³-hybridized carbons (Fsp3) is 0.500. The lowest BCUT2D eigenvalue weighted by atomic mass is 10.2. The number of unbranched alkanes of at least 4 members (excludes halogenated alkanes) is 2. The highest BCUT2D eigenvalue weighted by Gasteiger charge is 2.05. The van der Waals surface area contributed by atoms with Crippen molar-refractivity contribution in [3.63, 3.8) is 0 Å². The minimum absolute atomic E-state index is 0.283. The van der Waals surface area contributed by atoms with Gasteiger partial charge in [0.1, 0.15) is 9.68 Å². The molecule has 0 aliphatic carbocycles. The quantitative estimate of drug-likeness (QED) is 0.618. The first-order valence-corrected chi connectivity index (χ1v) is 8.57. The summed E-state index contributed by atoms with van der Waals surface area (Å²) < 4.78 is 2.72. The van der Waals surface area contributed by atoms with E-state index in [4.69, 9.17) is 0 Å². The van der Waals surface area contributed by atoms with Crippen LogP contribution in [-0.2, 0) is 0 Å². The number of nitrogens with zero attached hydrogens (tertiary/aromatic N) is 1. The Morgan fingerprint density at radius 3 is 2.39 bits per heavy atom. The summed E-state index contributed by atoms with van der Waals surface area (Å²) in [6.45, 7) is 11.0. The topological polar surface area (TPSA) is 3.24 Å². The Labute approximate surface area is 115 Å². The van der Waals surface area contributed by atoms with Gasteiger partial charge in [-0.3, -0.25) is 0 Å². The third kappa shape index (κ3) is 5.65. The molecule has 2 heteroatoms. The first kappa shape index (κ1) is 15.2. The predicted octanol–water partition coefficient (Wildman–Crippen LogP) is 2.94. The van der Waals surface area contributed by atoms with Gasteiger partial charge in [0.25, 0.3) is 0 Å². The first-order chi connectivity index (χ1) is 8.80. The van der Waals surface area contributed by atoms with E-state index < -0.39 is 0 Å². The molecule has 0 atom stereocenters. The van der Waals surface area contributed by atoms with Crippen molar-refractivity contribution in [1.29, 1.82) is 0 Å². The van der Waals surface area contributed by atoms with Crippen molar-refractivity contribution < 1.29 is 0 Å². The molecule has 1 rings (SSSR count). The smallest absolute Gasteiger partial charge is 0.127 e. The van der Waals surface area contributed by atoms with Crippen molar-refractivity contribution in [3.8, 4) is 0 Å². The average molecular weight is 261 g/mol. The third-order valence-electron chi connectivity index (χ3n) is 3.25. The van der Waals surface area contributed by atoms with Gasteiger partial charge in [0.05, 0.1) is 0 Å². The van der Waals surface area contributed by atoms with E-state index >= 15 is 0 Å². The summed E-state index contributed by atoms with van der Waals surface area (Å²) in [5.74, 6) is 0. The number of hydrogen-bond donors (Lipinski definition) is 0. The van der Waals surface area contributed by atoms with Crippen LogP contribution in [0.1, 0.15) is 45.1 Å². The van der Waals surface area contributed by atoms with Crippen LogP contribution in [0.5, 0.6) is 0 Å². The van der Waals surface area contributed by atoms with Gasteiger partial charge >= 0.3 is 0 Å². The average Bonchev–Trinajstić information content (AvgIpc) is 2.42. The highest BCUT2D eigenvalue weighted by molar-refractivity contribution is 6.50. The second-order valence-electron chi connectivity index (χ2n) is 4.93. The molecule has 0 unspecified atom stereocenters. The van der Waals surface area contributed by atoms with E-state index in [9.17, 15) is 0 Å². The van der Waals surface area contributed by atoms with Crippen molar-refractivity contribution in [2.75, 3.05) is 13.1 Å². The number of rotatable bonds is 9. The Bertz CT molecular complexity index is 341. The van der Waals surface area contributed by atoms with Gasteiger partial charge in [-0.2, -0.15) is 0 Å². The van der Waals surface area contributed by atoms with E-state index in [1.54, 1.807) is 5.19 Å². The lowest BCUT2D eigenvalue weighted by Crippen LogP contribution is -2.37. The minimum Gasteiger partial charge on any atom is -0.325 e. The van der Waals surface area contributed by atoms with Gasteiger partial charge in [-0.05, 0) is 36.7 Å². The van der Waals surface area contributed by atoms with Crippen LogP contribution in [0.2, 0.25) is 0 Å². The van der Waals surface area contributed by atoms with Crippen LogP contribution >= 0.6 is 0 Å². The van der Waals surface area contributed by atoms with Crippen molar-refractivity contribution in [2.45, 2.75) is 39.5 Å². The minimum atomic E-state index is -0.283. The Balaban J connectivity index is 2.59. The molecule has 1 nitrogen and oxygen atoms in total. The third-order valence-corrected chi connectivity index (χ3v) is 5.13. The highest BCUT2D eigenvalue weighted by atomic mass is 28.2. The molecule has 0 bridgehead atoms. The van der Waals surface area contributed by atoms with Crippen LogP contribution in [-0.4, -0.2) is 27.3 Å². The summed E-state index contributed by atoms with van der Waals surface area (Å²) >= 11 is 0. The molecular weight excluding hydrogens is 234 g/mol. The van der Waals surface area contributed by atoms with E-state index in [0.717, 1.165) is 0 Å². The van der Waals surface area contributed by atoms with Gasteiger partial charge in [-0.1, -0.05) is 63.6 Å². The molecule has 0 amide bonds. The maximum atomic E-state index is 3.85. The summed E-state index contributed by atoms with van der Waals surface area (Å²) in [4.78, 5) is 0. The lowest BCUT2D eigenvalue weighted by molar-refractivity contribution is 0.423. The van der Waals surface area contributed by atoms with Gasteiger partial charge < -0.3 is 4.57 Å². The molecule has 100 valence electrons. The van der Waals surface area contributed by atoms with E-state index in [-0.39, 0.29) is 9.68 Å². The summed E-state index contributed by atoms with van der Waals surface area (Å²) in [7, 11) is -0.283. The van der Waals surface area contributed by atoms with Gasteiger partial charge in [0.2, 0.25) is 0 Å². The maximum Gasteiger partial charge on any atom is 0.127 e. The zero-order valence-corrected chi connectivity index (χ0v) is 13.4. The SMILES string of the molecule is C=Cc1cccc([SiH2]N(CCCC)CCCC)c1. The van der Waals surface area contributed by atoms with Crippen molar-refractivity contribution in [1.82, 2.24) is 4.57 Å². The van der Waals surface area contributed by atoms with Crippen LogP contribution in [0.25, 0.3) is 6.08 Å². The van der Waals surface area contributed by atoms with Crippen LogP contribution in [0, 0.1) is 0 Å². The molecule has 1 aromatic rings. The summed E-state index contributed by atoms with van der Waals surface area (Å²) in [5, 5.41) is 1.54. The van der Waals surface area contributed by atoms with E-state index in [0.29, 0.717) is 0 Å². The second kappa shape index (κ2) is 9.12. The Morgan fingerprint density at radius 2 is 1.83 bits per heavy atom. The second-order valence-corrected chi connectivity index (χ2v) is 6.96. The van der Waals surface area contributed by atoms with Gasteiger partial charge in [-0.15, -0.1) is 0 Å². The first-order valence-electron chi connectivity index (χ1n) is 7.23. The molecule has 18 heavy (non-hydrogen) atoms. The molecule has 0 saturated heterocycles. The van der Waals surface area contributed by atoms with Gasteiger partial charge in [0, 0.05) is 0 Å². The molecule has 0 aliphatic heterocycles. The lowest BCUT2D eigenvalue weighted by Gasteiger charge is -2.22. The summed E-state index contributed by atoms with van der Waals surface area (Å²) in [6.07, 6.45) is 7.20. The van der Waals surface area contributed by atoms with Crippen LogP contribution in [0.4, 0.5) is 0 Å². The van der Waals surface area contributed by atoms with Crippen LogP contribution in [0.3, 0.4) is 0 Å². The molecule has 0 N–H and O–H groups in total. The van der Waals surface area contributed by atoms with Crippen molar-refractivity contribution in [3.05, 3.63) is 36.4 Å². The Hall–Kier alpha value is -0.863. The van der Waals surface area contributed by atoms with Gasteiger partial charge in [-0.25, -0.2) is 0 Å². The number of benzene rings is 1. The largest absolute Gasteiger partial charge is 0.325 e. The molecule has 0 spiro atoms. The number of hydrogen-bond acceptors (Lipinski definition) is 1. The molecule has 0 fully saturated rings. The fourth-order valence-corrected chi connectivity index (χ4v) is 3.96. The fourth-order valence-electron chi connectivity index (χ4n) is 2.11. The maximum absolute atomic E-state index is 3.85. The van der Waals surface area contributed by atoms with Crippen LogP contribution in [0.15, 0.2) is 30.8 Å². The molecule has 0 saturated carbocycles. The molecule has 1 aromatic carbocycles.